The molecule has 0 aromatic heterocycles. The van der Waals surface area contributed by atoms with Crippen molar-refractivity contribution in [2.45, 2.75) is 42.9 Å². The maximum Gasteiger partial charge on any atom is 0.367 e. The molecule has 30 heavy (non-hydrogen) atoms. The van der Waals surface area contributed by atoms with Gasteiger partial charge < -0.3 is 19.7 Å². The average Bonchev–Trinajstić information content (AvgIpc) is 3.08. The highest BCUT2D eigenvalue weighted by Crippen LogP contribution is 2.36. The summed E-state index contributed by atoms with van der Waals surface area (Å²) in [7, 11) is 1.11. The fourth-order valence-electron chi connectivity index (χ4n) is 3.29. The van der Waals surface area contributed by atoms with E-state index in [0.717, 1.165) is 26.0 Å². The smallest absolute Gasteiger partial charge is 0.367 e. The van der Waals surface area contributed by atoms with Crippen LogP contribution in [0.1, 0.15) is 32.6 Å². The number of aliphatic hydroxyl groups is 2. The standard InChI is InChI=1S/C23H27BrO6/c1-3-4-10-17-14-15-20(25)19(17)13-8-9-16-22(27,28)23(24,21(26)29-2)30-18-11-6-5-7-12-18/h4-8,10-12,16-17,19,27-28H,3,13-15H2,1-2H3/b10-4+/t9?,17-,19+,23?/m0/s1/i27+0,28+0. The van der Waals surface area contributed by atoms with Gasteiger partial charge in [-0.1, -0.05) is 37.3 Å². The van der Waals surface area contributed by atoms with E-state index in [2.05, 4.69) is 38.6 Å². The molecule has 1 aliphatic rings. The van der Waals surface area contributed by atoms with Crippen molar-refractivity contribution >= 4 is 27.7 Å². The highest BCUT2D eigenvalue weighted by molar-refractivity contribution is 9.10. The third-order valence-electron chi connectivity index (χ3n) is 4.97. The Kier molecular flexibility index (Phi) is 8.62. The normalized spacial score (nSPS) is 21.0. The van der Waals surface area contributed by atoms with Crippen LogP contribution in [0.3, 0.4) is 0 Å². The molecule has 0 bridgehead atoms. The van der Waals surface area contributed by atoms with Gasteiger partial charge in [-0.2, -0.15) is 0 Å². The van der Waals surface area contributed by atoms with E-state index < -0.39 is 16.3 Å². The first-order valence-electron chi connectivity index (χ1n) is 9.82. The summed E-state index contributed by atoms with van der Waals surface area (Å²) < 4.78 is 7.90. The van der Waals surface area contributed by atoms with Crippen molar-refractivity contribution in [1.29, 1.82) is 0 Å². The van der Waals surface area contributed by atoms with Crippen molar-refractivity contribution in [2.24, 2.45) is 11.8 Å². The number of Topliss-reactive ketones (excluding diaryl/α,β-unsaturated/α-hetero) is 1. The maximum absolute atomic E-state index is 12.3. The molecule has 0 radical (unpaired) electrons. The lowest BCUT2D eigenvalue weighted by atomic mass is 9.91. The second-order valence-corrected chi connectivity index (χ2v) is 8.21. The summed E-state index contributed by atoms with van der Waals surface area (Å²) in [5.74, 6) is -3.38. The fourth-order valence-corrected chi connectivity index (χ4v) is 3.76. The van der Waals surface area contributed by atoms with Crippen LogP contribution in [0, 0.1) is 11.8 Å². The fraction of sp³-hybridized carbons (Fsp3) is 0.435. The van der Waals surface area contributed by atoms with Crippen molar-refractivity contribution < 1.29 is 29.3 Å². The lowest BCUT2D eigenvalue weighted by molar-refractivity contribution is -0.208. The van der Waals surface area contributed by atoms with Crippen LogP contribution in [0.2, 0.25) is 0 Å². The second-order valence-electron chi connectivity index (χ2n) is 7.09. The lowest BCUT2D eigenvalue weighted by Gasteiger charge is -2.34. The Labute approximate surface area is 185 Å². The summed E-state index contributed by atoms with van der Waals surface area (Å²) in [6.07, 6.45) is 9.28. The molecular formula is C23H27BrO6. The van der Waals surface area contributed by atoms with Crippen LogP contribution >= 0.6 is 15.9 Å². The number of methoxy groups -OCH3 is 1. The van der Waals surface area contributed by atoms with Crippen LogP contribution in [0.25, 0.3) is 0 Å². The van der Waals surface area contributed by atoms with Gasteiger partial charge in [0.05, 0.1) is 7.11 Å². The first kappa shape index (κ1) is 24.1. The molecule has 7 heteroatoms. The summed E-state index contributed by atoms with van der Waals surface area (Å²) >= 11 is 2.99. The third kappa shape index (κ3) is 5.70. The van der Waals surface area contributed by atoms with Gasteiger partial charge in [-0.15, -0.1) is 5.73 Å². The van der Waals surface area contributed by atoms with E-state index >= 15 is 0 Å². The summed E-state index contributed by atoms with van der Waals surface area (Å²) in [6.45, 7) is 2.04. The molecule has 0 heterocycles. The van der Waals surface area contributed by atoms with Gasteiger partial charge in [0.1, 0.15) is 11.5 Å². The first-order valence-corrected chi connectivity index (χ1v) is 10.6. The molecule has 0 aliphatic heterocycles. The topological polar surface area (TPSA) is 93.1 Å². The molecule has 1 fully saturated rings. The molecule has 0 saturated heterocycles. The van der Waals surface area contributed by atoms with E-state index in [1.54, 1.807) is 36.4 Å². The van der Waals surface area contributed by atoms with Gasteiger partial charge >= 0.3 is 10.5 Å². The van der Waals surface area contributed by atoms with E-state index in [1.807, 2.05) is 6.92 Å². The number of carbonyl (C=O) groups excluding carboxylic acids is 2. The summed E-state index contributed by atoms with van der Waals surface area (Å²) in [4.78, 5) is 24.4. The Morgan fingerprint density at radius 2 is 2.03 bits per heavy atom. The number of hydrogen-bond acceptors (Lipinski definition) is 6. The zero-order valence-electron chi connectivity index (χ0n) is 17.1. The Balaban J connectivity index is 2.19. The summed E-state index contributed by atoms with van der Waals surface area (Å²) in [5, 5.41) is 21.2. The monoisotopic (exact) mass is 478 g/mol. The Hall–Kier alpha value is -2.18. The van der Waals surface area contributed by atoms with E-state index in [0.29, 0.717) is 12.8 Å². The molecule has 2 rings (SSSR count). The second kappa shape index (κ2) is 10.7. The van der Waals surface area contributed by atoms with Crippen LogP contribution in [0.15, 0.2) is 60.4 Å². The van der Waals surface area contributed by atoms with E-state index in [4.69, 9.17) is 4.74 Å². The van der Waals surface area contributed by atoms with Crippen LogP contribution in [0.5, 0.6) is 5.75 Å². The molecule has 1 unspecified atom stereocenters. The summed E-state index contributed by atoms with van der Waals surface area (Å²) in [5.41, 5.74) is 2.68. The number of esters is 1. The van der Waals surface area contributed by atoms with Crippen LogP contribution in [-0.4, -0.2) is 39.4 Å². The van der Waals surface area contributed by atoms with Crippen molar-refractivity contribution in [1.82, 2.24) is 0 Å². The number of rotatable bonds is 9. The Morgan fingerprint density at radius 3 is 2.67 bits per heavy atom. The molecule has 0 spiro atoms. The van der Waals surface area contributed by atoms with E-state index in [9.17, 15) is 19.8 Å². The van der Waals surface area contributed by atoms with Crippen LogP contribution < -0.4 is 4.74 Å². The predicted octanol–water partition coefficient (Wildman–Crippen LogP) is 3.67. The minimum atomic E-state index is -2.78. The van der Waals surface area contributed by atoms with Gasteiger partial charge in [-0.05, 0) is 59.3 Å². The molecule has 0 amide bonds. The molecule has 1 aromatic carbocycles. The third-order valence-corrected chi connectivity index (χ3v) is 6.04. The molecule has 1 aliphatic carbocycles. The van der Waals surface area contributed by atoms with Crippen LogP contribution in [0.4, 0.5) is 0 Å². The number of benzene rings is 1. The zero-order valence-corrected chi connectivity index (χ0v) is 18.7. The van der Waals surface area contributed by atoms with Crippen molar-refractivity contribution in [3.05, 3.63) is 60.4 Å². The molecule has 162 valence electrons. The number of allylic oxidation sites excluding steroid dienone is 2. The van der Waals surface area contributed by atoms with Crippen LogP contribution in [-0.2, 0) is 14.3 Å². The number of hydrogen-bond donors (Lipinski definition) is 2. The number of para-hydroxylation sites is 1. The number of ether oxygens (including phenoxy) is 2. The Morgan fingerprint density at radius 1 is 1.33 bits per heavy atom. The van der Waals surface area contributed by atoms with Gasteiger partial charge in [0.2, 0.25) is 0 Å². The van der Waals surface area contributed by atoms with Gasteiger partial charge in [-0.25, -0.2) is 4.79 Å². The average molecular weight is 479 g/mol. The van der Waals surface area contributed by atoms with Gasteiger partial charge in [0.15, 0.2) is 0 Å². The molecule has 6 nitrogen and oxygen atoms in total. The maximum atomic E-state index is 12.3. The van der Waals surface area contributed by atoms with Crippen molar-refractivity contribution in [2.75, 3.05) is 7.11 Å². The first-order chi connectivity index (χ1) is 14.2. The predicted molar refractivity (Wildman–Crippen MR) is 116 cm³/mol. The molecule has 3 atom stereocenters. The minimum absolute atomic E-state index is 0.157. The minimum Gasteiger partial charge on any atom is -0.465 e. The molecule has 1 saturated carbocycles. The Bertz CT molecular complexity index is 825. The quantitative estimate of drug-likeness (QED) is 0.185. The largest absolute Gasteiger partial charge is 0.465 e. The highest BCUT2D eigenvalue weighted by Gasteiger charge is 2.57. The number of carbonyl (C=O) groups is 2. The zero-order chi connectivity index (χ0) is 22.2. The van der Waals surface area contributed by atoms with Gasteiger partial charge in [-0.3, -0.25) is 4.79 Å². The molecular weight excluding hydrogens is 452 g/mol. The van der Waals surface area contributed by atoms with E-state index in [-0.39, 0.29) is 23.4 Å². The lowest BCUT2D eigenvalue weighted by Crippen LogP contribution is -2.58. The molecule has 1 aromatic rings. The number of alkyl halides is 1. The van der Waals surface area contributed by atoms with Crippen molar-refractivity contribution in [3.63, 3.8) is 0 Å². The SMILES string of the molecule is CC/C=C/[C@H]1CCC(=O)[C@@H]1CC=C=CC([16OH])([16OH])C(Br)(Oc1ccccc1)C(=O)OC. The van der Waals surface area contributed by atoms with Gasteiger partial charge in [0, 0.05) is 18.4 Å². The molecule has 2 N–H and O–H groups in total. The van der Waals surface area contributed by atoms with E-state index in [1.165, 1.54) is 0 Å². The van der Waals surface area contributed by atoms with Crippen molar-refractivity contribution in [3.8, 4) is 5.75 Å². The number of ketones is 1. The summed E-state index contributed by atoms with van der Waals surface area (Å²) in [6, 6.07) is 8.22. The van der Waals surface area contributed by atoms with Gasteiger partial charge in [0.25, 0.3) is 5.79 Å². The number of halogens is 1. The highest BCUT2D eigenvalue weighted by atomic mass is 79.9.